The van der Waals surface area contributed by atoms with E-state index in [1.807, 2.05) is 61.5 Å². The van der Waals surface area contributed by atoms with Gasteiger partial charge in [0.05, 0.1) is 11.8 Å². The number of aryl methyl sites for hydroxylation is 1. The minimum atomic E-state index is -0.303. The molecule has 1 unspecified atom stereocenters. The summed E-state index contributed by atoms with van der Waals surface area (Å²) in [5.74, 6) is 0.884. The molecule has 0 bridgehead atoms. The first kappa shape index (κ1) is 18.5. The molecular formula is C23H22N4O3. The minimum absolute atomic E-state index is 0.00122. The lowest BCUT2D eigenvalue weighted by Crippen LogP contribution is -2.51. The first-order chi connectivity index (χ1) is 14.6. The molecule has 2 aromatic carbocycles. The average Bonchev–Trinajstić information content (AvgIpc) is 3.35. The van der Waals surface area contributed by atoms with E-state index < -0.39 is 0 Å². The molecule has 0 saturated carbocycles. The van der Waals surface area contributed by atoms with Crippen LogP contribution in [0.15, 0.2) is 59.1 Å². The third kappa shape index (κ3) is 3.36. The topological polar surface area (TPSA) is 79.5 Å². The van der Waals surface area contributed by atoms with Crippen molar-refractivity contribution in [2.24, 2.45) is 5.92 Å². The van der Waals surface area contributed by atoms with Gasteiger partial charge in [0.1, 0.15) is 0 Å². The zero-order valence-corrected chi connectivity index (χ0v) is 16.7. The summed E-state index contributed by atoms with van der Waals surface area (Å²) in [6.07, 6.45) is 0.257. The summed E-state index contributed by atoms with van der Waals surface area (Å²) in [5, 5.41) is 4.06. The van der Waals surface area contributed by atoms with Crippen molar-refractivity contribution in [1.82, 2.24) is 15.0 Å². The number of amides is 2. The summed E-state index contributed by atoms with van der Waals surface area (Å²) in [5.41, 5.74) is 2.89. The van der Waals surface area contributed by atoms with Crippen LogP contribution in [-0.4, -0.2) is 46.5 Å². The van der Waals surface area contributed by atoms with Crippen molar-refractivity contribution < 1.29 is 14.1 Å². The van der Waals surface area contributed by atoms with Crippen molar-refractivity contribution in [1.29, 1.82) is 0 Å². The molecule has 1 aromatic heterocycles. The summed E-state index contributed by atoms with van der Waals surface area (Å²) >= 11 is 0. The Bertz CT molecular complexity index is 1070. The summed E-state index contributed by atoms with van der Waals surface area (Å²) in [6.45, 7) is 3.53. The molecular weight excluding hydrogens is 380 g/mol. The fraction of sp³-hybridized carbons (Fsp3) is 0.304. The number of hydrogen-bond donors (Lipinski definition) is 0. The van der Waals surface area contributed by atoms with Crippen molar-refractivity contribution in [3.8, 4) is 11.4 Å². The van der Waals surface area contributed by atoms with Crippen LogP contribution in [0.4, 0.5) is 5.69 Å². The van der Waals surface area contributed by atoms with Crippen LogP contribution in [-0.2, 0) is 9.59 Å². The van der Waals surface area contributed by atoms with Crippen molar-refractivity contribution in [2.45, 2.75) is 19.3 Å². The van der Waals surface area contributed by atoms with Crippen LogP contribution in [0.25, 0.3) is 11.4 Å². The van der Waals surface area contributed by atoms with Crippen LogP contribution in [0.2, 0.25) is 0 Å². The Hall–Kier alpha value is -3.48. The van der Waals surface area contributed by atoms with Gasteiger partial charge in [0.15, 0.2) is 0 Å². The molecule has 7 nitrogen and oxygen atoms in total. The summed E-state index contributed by atoms with van der Waals surface area (Å²) in [4.78, 5) is 33.3. The van der Waals surface area contributed by atoms with Gasteiger partial charge < -0.3 is 14.3 Å². The highest BCUT2D eigenvalue weighted by molar-refractivity contribution is 6.00. The SMILES string of the molecule is Cc1ccc(N2CC(C(=O)N3CC(c4nc(-c5ccccc5)no4)C3)CC2=O)cc1. The molecule has 2 aliphatic rings. The van der Waals surface area contributed by atoms with Gasteiger partial charge in [-0.05, 0) is 19.1 Å². The molecule has 152 valence electrons. The Labute approximate surface area is 174 Å². The van der Waals surface area contributed by atoms with E-state index in [9.17, 15) is 9.59 Å². The van der Waals surface area contributed by atoms with Gasteiger partial charge in [-0.3, -0.25) is 9.59 Å². The molecule has 0 spiro atoms. The Kier molecular flexibility index (Phi) is 4.58. The Morgan fingerprint density at radius 2 is 1.77 bits per heavy atom. The van der Waals surface area contributed by atoms with Gasteiger partial charge in [0, 0.05) is 37.3 Å². The largest absolute Gasteiger partial charge is 0.341 e. The first-order valence-electron chi connectivity index (χ1n) is 10.1. The predicted molar refractivity (Wildman–Crippen MR) is 111 cm³/mol. The van der Waals surface area contributed by atoms with Gasteiger partial charge >= 0.3 is 0 Å². The second-order valence-corrected chi connectivity index (χ2v) is 8.00. The fourth-order valence-electron chi connectivity index (χ4n) is 4.03. The third-order valence-electron chi connectivity index (χ3n) is 5.84. The molecule has 2 fully saturated rings. The fourth-order valence-corrected chi connectivity index (χ4v) is 4.03. The Morgan fingerprint density at radius 1 is 1.03 bits per heavy atom. The van der Waals surface area contributed by atoms with E-state index in [4.69, 9.17) is 4.52 Å². The zero-order valence-electron chi connectivity index (χ0n) is 16.7. The highest BCUT2D eigenvalue weighted by Crippen LogP contribution is 2.32. The van der Waals surface area contributed by atoms with Crippen LogP contribution in [0, 0.1) is 12.8 Å². The molecule has 5 rings (SSSR count). The standard InChI is InChI=1S/C23H22N4O3/c1-15-7-9-19(10-8-15)27-14-17(11-20(27)28)23(29)26-12-18(13-26)22-24-21(25-30-22)16-5-3-2-4-6-16/h2-10,17-18H,11-14H2,1H3. The van der Waals surface area contributed by atoms with E-state index in [0.29, 0.717) is 31.3 Å². The van der Waals surface area contributed by atoms with Gasteiger partial charge in [0.25, 0.3) is 0 Å². The van der Waals surface area contributed by atoms with Crippen molar-refractivity contribution in [2.75, 3.05) is 24.5 Å². The maximum atomic E-state index is 12.9. The number of benzene rings is 2. The van der Waals surface area contributed by atoms with Crippen molar-refractivity contribution in [3.05, 3.63) is 66.1 Å². The monoisotopic (exact) mass is 402 g/mol. The maximum Gasteiger partial charge on any atom is 0.233 e. The van der Waals surface area contributed by atoms with Gasteiger partial charge in [-0.25, -0.2) is 0 Å². The molecule has 7 heteroatoms. The summed E-state index contributed by atoms with van der Waals surface area (Å²) < 4.78 is 5.42. The van der Waals surface area contributed by atoms with Gasteiger partial charge in [-0.1, -0.05) is 53.2 Å². The van der Waals surface area contributed by atoms with E-state index >= 15 is 0 Å². The van der Waals surface area contributed by atoms with E-state index in [2.05, 4.69) is 10.1 Å². The molecule has 2 aliphatic heterocycles. The van der Waals surface area contributed by atoms with Crippen molar-refractivity contribution >= 4 is 17.5 Å². The molecule has 0 N–H and O–H groups in total. The summed E-state index contributed by atoms with van der Waals surface area (Å²) in [7, 11) is 0. The quantitative estimate of drug-likeness (QED) is 0.670. The van der Waals surface area contributed by atoms with E-state index in [-0.39, 0.29) is 30.1 Å². The van der Waals surface area contributed by atoms with Crippen LogP contribution in [0.1, 0.15) is 23.8 Å². The normalized spacial score (nSPS) is 19.2. The van der Waals surface area contributed by atoms with E-state index in [1.165, 1.54) is 0 Å². The number of anilines is 1. The highest BCUT2D eigenvalue weighted by Gasteiger charge is 2.42. The molecule has 1 atom stereocenters. The van der Waals surface area contributed by atoms with Crippen LogP contribution < -0.4 is 4.90 Å². The molecule has 3 aromatic rings. The molecule has 2 amide bonds. The first-order valence-corrected chi connectivity index (χ1v) is 10.1. The Balaban J connectivity index is 1.20. The van der Waals surface area contributed by atoms with Gasteiger partial charge in [-0.15, -0.1) is 0 Å². The van der Waals surface area contributed by atoms with Crippen LogP contribution in [0.5, 0.6) is 0 Å². The maximum absolute atomic E-state index is 12.9. The zero-order chi connectivity index (χ0) is 20.7. The number of aromatic nitrogens is 2. The summed E-state index contributed by atoms with van der Waals surface area (Å²) in [6, 6.07) is 17.5. The van der Waals surface area contributed by atoms with Crippen LogP contribution >= 0.6 is 0 Å². The molecule has 2 saturated heterocycles. The molecule has 3 heterocycles. The highest BCUT2D eigenvalue weighted by atomic mass is 16.5. The lowest BCUT2D eigenvalue weighted by Gasteiger charge is -2.38. The average molecular weight is 402 g/mol. The number of rotatable bonds is 4. The second-order valence-electron chi connectivity index (χ2n) is 8.00. The lowest BCUT2D eigenvalue weighted by atomic mass is 9.96. The number of carbonyl (C=O) groups excluding carboxylic acids is 2. The number of carbonyl (C=O) groups is 2. The van der Waals surface area contributed by atoms with Gasteiger partial charge in [-0.2, -0.15) is 4.98 Å². The molecule has 30 heavy (non-hydrogen) atoms. The lowest BCUT2D eigenvalue weighted by molar-refractivity contribution is -0.140. The molecule has 0 radical (unpaired) electrons. The van der Waals surface area contributed by atoms with Crippen LogP contribution in [0.3, 0.4) is 0 Å². The van der Waals surface area contributed by atoms with E-state index in [1.54, 1.807) is 9.80 Å². The number of hydrogen-bond acceptors (Lipinski definition) is 5. The van der Waals surface area contributed by atoms with Gasteiger partial charge in [0.2, 0.25) is 23.5 Å². The predicted octanol–water partition coefficient (Wildman–Crippen LogP) is 3.02. The number of likely N-dealkylation sites (tertiary alicyclic amines) is 1. The Morgan fingerprint density at radius 3 is 2.50 bits per heavy atom. The molecule has 0 aliphatic carbocycles. The minimum Gasteiger partial charge on any atom is -0.341 e. The third-order valence-corrected chi connectivity index (χ3v) is 5.84. The van der Waals surface area contributed by atoms with E-state index in [0.717, 1.165) is 16.8 Å². The van der Waals surface area contributed by atoms with Crippen molar-refractivity contribution in [3.63, 3.8) is 0 Å². The second kappa shape index (κ2) is 7.40. The number of nitrogens with zero attached hydrogens (tertiary/aromatic N) is 4. The smallest absolute Gasteiger partial charge is 0.233 e.